The minimum absolute atomic E-state index is 0.146. The summed E-state index contributed by atoms with van der Waals surface area (Å²) in [5.41, 5.74) is 0.915. The summed E-state index contributed by atoms with van der Waals surface area (Å²) < 4.78 is 5.14. The van der Waals surface area contributed by atoms with Crippen molar-refractivity contribution in [2.24, 2.45) is 0 Å². The van der Waals surface area contributed by atoms with Crippen LogP contribution in [0.15, 0.2) is 36.0 Å². The average Bonchev–Trinajstić information content (AvgIpc) is 2.67. The SMILES string of the molecule is C=CCOCCON1C(=O)C(/C=C\CC)=C(CC)C1=O. The van der Waals surface area contributed by atoms with E-state index in [0.29, 0.717) is 30.8 Å². The number of rotatable bonds is 9. The Morgan fingerprint density at radius 1 is 1.20 bits per heavy atom. The van der Waals surface area contributed by atoms with Gasteiger partial charge in [0.15, 0.2) is 0 Å². The minimum Gasteiger partial charge on any atom is -0.375 e. The molecule has 5 nitrogen and oxygen atoms in total. The quantitative estimate of drug-likeness (QED) is 0.369. The highest BCUT2D eigenvalue weighted by molar-refractivity contribution is 6.19. The van der Waals surface area contributed by atoms with E-state index < -0.39 is 5.91 Å². The largest absolute Gasteiger partial charge is 0.375 e. The highest BCUT2D eigenvalue weighted by atomic mass is 16.7. The van der Waals surface area contributed by atoms with Crippen LogP contribution in [0.2, 0.25) is 0 Å². The Hall–Kier alpha value is -1.72. The fraction of sp³-hybridized carbons (Fsp3) is 0.467. The Morgan fingerprint density at radius 2 is 1.95 bits per heavy atom. The second kappa shape index (κ2) is 8.45. The highest BCUT2D eigenvalue weighted by Crippen LogP contribution is 2.24. The molecule has 110 valence electrons. The van der Waals surface area contributed by atoms with E-state index in [1.165, 1.54) is 0 Å². The number of hydroxylamine groups is 2. The summed E-state index contributed by atoms with van der Waals surface area (Å²) in [6, 6.07) is 0. The Balaban J connectivity index is 2.64. The van der Waals surface area contributed by atoms with Crippen molar-refractivity contribution in [3.8, 4) is 0 Å². The Morgan fingerprint density at radius 3 is 2.55 bits per heavy atom. The Bertz CT molecular complexity index is 437. The maximum absolute atomic E-state index is 12.1. The van der Waals surface area contributed by atoms with E-state index in [2.05, 4.69) is 6.58 Å². The molecular weight excluding hydrogens is 258 g/mol. The summed E-state index contributed by atoms with van der Waals surface area (Å²) >= 11 is 0. The molecule has 0 N–H and O–H groups in total. The van der Waals surface area contributed by atoms with Crippen LogP contribution >= 0.6 is 0 Å². The lowest BCUT2D eigenvalue weighted by Gasteiger charge is -2.14. The second-order valence-electron chi connectivity index (χ2n) is 4.16. The molecular formula is C15H21NO4. The van der Waals surface area contributed by atoms with Gasteiger partial charge in [-0.05, 0) is 12.8 Å². The third-order valence-electron chi connectivity index (χ3n) is 2.74. The van der Waals surface area contributed by atoms with Crippen LogP contribution in [-0.2, 0) is 19.2 Å². The van der Waals surface area contributed by atoms with Gasteiger partial charge in [0, 0.05) is 5.57 Å². The number of allylic oxidation sites excluding steroid dienone is 1. The molecule has 0 aromatic heterocycles. The number of hydrogen-bond acceptors (Lipinski definition) is 4. The van der Waals surface area contributed by atoms with Crippen molar-refractivity contribution in [3.05, 3.63) is 36.0 Å². The van der Waals surface area contributed by atoms with Crippen LogP contribution in [0, 0.1) is 0 Å². The third-order valence-corrected chi connectivity index (χ3v) is 2.74. The smallest absolute Gasteiger partial charge is 0.285 e. The third kappa shape index (κ3) is 3.88. The fourth-order valence-electron chi connectivity index (χ4n) is 1.79. The molecule has 2 amide bonds. The molecule has 0 aliphatic carbocycles. The van der Waals surface area contributed by atoms with Crippen molar-refractivity contribution in [2.75, 3.05) is 19.8 Å². The number of carbonyl (C=O) groups is 2. The molecule has 0 atom stereocenters. The second-order valence-corrected chi connectivity index (χ2v) is 4.16. The lowest BCUT2D eigenvalue weighted by molar-refractivity contribution is -0.189. The standard InChI is InChI=1S/C15H21NO4/c1-4-7-8-13-12(6-3)14(17)16(15(13)18)20-11-10-19-9-5-2/h5,7-8H,2,4,6,9-11H2,1,3H3/b8-7-. The molecule has 0 saturated carbocycles. The van der Waals surface area contributed by atoms with Crippen LogP contribution in [0.4, 0.5) is 0 Å². The first kappa shape index (κ1) is 16.3. The molecule has 0 saturated heterocycles. The van der Waals surface area contributed by atoms with Gasteiger partial charge in [-0.15, -0.1) is 11.6 Å². The number of ether oxygens (including phenoxy) is 1. The number of imide groups is 1. The van der Waals surface area contributed by atoms with Crippen LogP contribution in [0.25, 0.3) is 0 Å². The van der Waals surface area contributed by atoms with Crippen LogP contribution in [0.5, 0.6) is 0 Å². The van der Waals surface area contributed by atoms with Crippen molar-refractivity contribution in [3.63, 3.8) is 0 Å². The Labute approximate surface area is 119 Å². The van der Waals surface area contributed by atoms with Gasteiger partial charge in [0.1, 0.15) is 0 Å². The summed E-state index contributed by atoms with van der Waals surface area (Å²) in [5, 5.41) is 0.825. The highest BCUT2D eigenvalue weighted by Gasteiger charge is 2.37. The van der Waals surface area contributed by atoms with Gasteiger partial charge in [-0.3, -0.25) is 14.4 Å². The molecule has 0 unspecified atom stereocenters. The average molecular weight is 279 g/mol. The maximum atomic E-state index is 12.1. The van der Waals surface area contributed by atoms with Crippen LogP contribution in [0.3, 0.4) is 0 Å². The first-order valence-corrected chi connectivity index (χ1v) is 6.77. The number of carbonyl (C=O) groups excluding carboxylic acids is 2. The van der Waals surface area contributed by atoms with Gasteiger partial charge in [-0.25, -0.2) is 0 Å². The lowest BCUT2D eigenvalue weighted by Crippen LogP contribution is -2.33. The van der Waals surface area contributed by atoms with Crippen LogP contribution in [-0.4, -0.2) is 36.7 Å². The van der Waals surface area contributed by atoms with E-state index in [9.17, 15) is 9.59 Å². The normalized spacial score (nSPS) is 15.8. The van der Waals surface area contributed by atoms with Crippen LogP contribution < -0.4 is 0 Å². The fourth-order valence-corrected chi connectivity index (χ4v) is 1.79. The molecule has 0 bridgehead atoms. The molecule has 1 aliphatic heterocycles. The molecule has 0 spiro atoms. The summed E-state index contributed by atoms with van der Waals surface area (Å²) in [4.78, 5) is 29.4. The van der Waals surface area contributed by atoms with Gasteiger partial charge in [0.2, 0.25) is 0 Å². The molecule has 0 aromatic rings. The van der Waals surface area contributed by atoms with Crippen molar-refractivity contribution in [1.29, 1.82) is 0 Å². The molecule has 1 heterocycles. The van der Waals surface area contributed by atoms with E-state index in [1.54, 1.807) is 12.2 Å². The van der Waals surface area contributed by atoms with Gasteiger partial charge < -0.3 is 4.74 Å². The topological polar surface area (TPSA) is 55.8 Å². The summed E-state index contributed by atoms with van der Waals surface area (Å²) in [5.74, 6) is -0.780. The lowest BCUT2D eigenvalue weighted by atomic mass is 10.1. The predicted octanol–water partition coefficient (Wildman–Crippen LogP) is 2.16. The summed E-state index contributed by atoms with van der Waals surface area (Å²) in [6.45, 7) is 8.19. The van der Waals surface area contributed by atoms with Gasteiger partial charge in [0.25, 0.3) is 11.8 Å². The van der Waals surface area contributed by atoms with E-state index >= 15 is 0 Å². The van der Waals surface area contributed by atoms with Gasteiger partial charge in [-0.2, -0.15) is 0 Å². The van der Waals surface area contributed by atoms with E-state index in [0.717, 1.165) is 11.5 Å². The molecule has 1 rings (SSSR count). The zero-order valence-electron chi connectivity index (χ0n) is 12.1. The molecule has 1 aliphatic rings. The van der Waals surface area contributed by atoms with Crippen molar-refractivity contribution in [2.45, 2.75) is 26.7 Å². The molecule has 5 heteroatoms. The first-order valence-electron chi connectivity index (χ1n) is 6.77. The minimum atomic E-state index is -0.403. The number of nitrogens with zero attached hydrogens (tertiary/aromatic N) is 1. The van der Waals surface area contributed by atoms with Crippen LogP contribution in [0.1, 0.15) is 26.7 Å². The zero-order chi connectivity index (χ0) is 15.0. The molecule has 0 radical (unpaired) electrons. The van der Waals surface area contributed by atoms with Crippen molar-refractivity contribution in [1.82, 2.24) is 5.06 Å². The monoisotopic (exact) mass is 279 g/mol. The van der Waals surface area contributed by atoms with E-state index in [1.807, 2.05) is 19.9 Å². The maximum Gasteiger partial charge on any atom is 0.285 e. The van der Waals surface area contributed by atoms with Gasteiger partial charge >= 0.3 is 0 Å². The van der Waals surface area contributed by atoms with E-state index in [-0.39, 0.29) is 12.5 Å². The van der Waals surface area contributed by atoms with Gasteiger partial charge in [-0.1, -0.05) is 32.1 Å². The molecule has 20 heavy (non-hydrogen) atoms. The first-order chi connectivity index (χ1) is 9.67. The summed E-state index contributed by atoms with van der Waals surface area (Å²) in [6.07, 6.45) is 6.47. The predicted molar refractivity (Wildman–Crippen MR) is 75.6 cm³/mol. The zero-order valence-corrected chi connectivity index (χ0v) is 12.1. The number of hydrogen-bond donors (Lipinski definition) is 0. The molecule has 0 aromatic carbocycles. The Kier molecular flexibility index (Phi) is 6.90. The molecule has 0 fully saturated rings. The van der Waals surface area contributed by atoms with E-state index in [4.69, 9.17) is 9.57 Å². The van der Waals surface area contributed by atoms with Crippen molar-refractivity contribution < 1.29 is 19.2 Å². The van der Waals surface area contributed by atoms with Crippen molar-refractivity contribution >= 4 is 11.8 Å². The van der Waals surface area contributed by atoms with Gasteiger partial charge in [0.05, 0.1) is 25.4 Å². The summed E-state index contributed by atoms with van der Waals surface area (Å²) in [7, 11) is 0. The number of amides is 2.